The van der Waals surface area contributed by atoms with Crippen LogP contribution in [0.5, 0.6) is 0 Å². The van der Waals surface area contributed by atoms with Gasteiger partial charge in [-0.3, -0.25) is 24.6 Å². The first-order valence-electron chi connectivity index (χ1n) is 9.75. The largest absolute Gasteiger partial charge is 0.507 e. The van der Waals surface area contributed by atoms with Crippen LogP contribution in [-0.4, -0.2) is 26.7 Å². The second-order valence-electron chi connectivity index (χ2n) is 7.52. The van der Waals surface area contributed by atoms with Gasteiger partial charge in [-0.05, 0) is 38.5 Å². The van der Waals surface area contributed by atoms with Crippen molar-refractivity contribution in [2.75, 3.05) is 4.90 Å². The quantitative estimate of drug-likeness (QED) is 0.205. The number of amides is 1. The Morgan fingerprint density at radius 2 is 1.69 bits per heavy atom. The SMILES string of the molecule is Cc1ccc(C(O)=C2C(=O)C(=O)N(c3nc(C)c(C)s3)C2c2ccc([N+](=O)[O-])cc2)cc1. The van der Waals surface area contributed by atoms with E-state index < -0.39 is 22.7 Å². The fourth-order valence-electron chi connectivity index (χ4n) is 3.55. The summed E-state index contributed by atoms with van der Waals surface area (Å²) in [6, 6.07) is 11.5. The van der Waals surface area contributed by atoms with E-state index in [-0.39, 0.29) is 17.0 Å². The minimum atomic E-state index is -0.970. The Kier molecular flexibility index (Phi) is 5.35. The van der Waals surface area contributed by atoms with Gasteiger partial charge in [0.2, 0.25) is 0 Å². The lowest BCUT2D eigenvalue weighted by Crippen LogP contribution is -2.29. The molecule has 3 aromatic rings. The highest BCUT2D eigenvalue weighted by atomic mass is 32.1. The van der Waals surface area contributed by atoms with E-state index in [1.807, 2.05) is 13.8 Å². The molecule has 4 rings (SSSR count). The Morgan fingerprint density at radius 3 is 2.22 bits per heavy atom. The van der Waals surface area contributed by atoms with Crippen LogP contribution in [0.15, 0.2) is 54.1 Å². The highest BCUT2D eigenvalue weighted by molar-refractivity contribution is 7.16. The Balaban J connectivity index is 1.93. The van der Waals surface area contributed by atoms with Gasteiger partial charge in [0.25, 0.3) is 11.5 Å². The van der Waals surface area contributed by atoms with E-state index >= 15 is 0 Å². The first-order valence-corrected chi connectivity index (χ1v) is 10.6. The zero-order valence-electron chi connectivity index (χ0n) is 17.5. The number of aliphatic hydroxyl groups is 1. The maximum Gasteiger partial charge on any atom is 0.301 e. The highest BCUT2D eigenvalue weighted by Gasteiger charge is 2.48. The van der Waals surface area contributed by atoms with Crippen LogP contribution in [0.1, 0.15) is 33.3 Å². The summed E-state index contributed by atoms with van der Waals surface area (Å²) in [6.07, 6.45) is 0. The number of carbonyl (C=O) groups is 2. The number of Topliss-reactive ketones (excluding diaryl/α,β-unsaturated/α-hetero) is 1. The molecule has 1 N–H and O–H groups in total. The van der Waals surface area contributed by atoms with E-state index in [0.717, 1.165) is 16.1 Å². The minimum absolute atomic E-state index is 0.0850. The molecule has 0 bridgehead atoms. The van der Waals surface area contributed by atoms with Gasteiger partial charge in [-0.1, -0.05) is 29.8 Å². The lowest BCUT2D eigenvalue weighted by molar-refractivity contribution is -0.384. The first-order chi connectivity index (χ1) is 15.2. The smallest absolute Gasteiger partial charge is 0.301 e. The zero-order chi connectivity index (χ0) is 23.2. The number of nitrogens with zero attached hydrogens (tertiary/aromatic N) is 3. The zero-order valence-corrected chi connectivity index (χ0v) is 18.3. The molecule has 1 aromatic heterocycles. The molecular formula is C23H19N3O5S. The van der Waals surface area contributed by atoms with Crippen molar-refractivity contribution in [2.24, 2.45) is 0 Å². The Hall–Kier alpha value is -3.85. The molecule has 8 nitrogen and oxygen atoms in total. The number of rotatable bonds is 4. The maximum absolute atomic E-state index is 13.1. The third-order valence-electron chi connectivity index (χ3n) is 5.41. The number of aryl methyl sites for hydroxylation is 3. The lowest BCUT2D eigenvalue weighted by Gasteiger charge is -2.23. The van der Waals surface area contributed by atoms with Gasteiger partial charge in [0.05, 0.1) is 22.2 Å². The van der Waals surface area contributed by atoms with Gasteiger partial charge in [0.1, 0.15) is 5.76 Å². The number of hydrogen-bond donors (Lipinski definition) is 1. The summed E-state index contributed by atoms with van der Waals surface area (Å²) >= 11 is 1.26. The normalized spacial score (nSPS) is 17.7. The molecule has 1 fully saturated rings. The summed E-state index contributed by atoms with van der Waals surface area (Å²) in [5.41, 5.74) is 2.35. The third kappa shape index (κ3) is 3.56. The number of hydrogen-bond acceptors (Lipinski definition) is 7. The van der Waals surface area contributed by atoms with Crippen molar-refractivity contribution in [3.8, 4) is 0 Å². The Morgan fingerprint density at radius 1 is 1.06 bits per heavy atom. The van der Waals surface area contributed by atoms with Crippen LogP contribution in [0.2, 0.25) is 0 Å². The molecule has 1 aliphatic heterocycles. The van der Waals surface area contributed by atoms with E-state index in [2.05, 4.69) is 4.98 Å². The van der Waals surface area contributed by atoms with E-state index in [9.17, 15) is 24.8 Å². The van der Waals surface area contributed by atoms with Crippen LogP contribution in [0.25, 0.3) is 5.76 Å². The Bertz CT molecular complexity index is 1260. The average Bonchev–Trinajstić information content (AvgIpc) is 3.23. The van der Waals surface area contributed by atoms with Crippen molar-refractivity contribution < 1.29 is 19.6 Å². The predicted octanol–water partition coefficient (Wildman–Crippen LogP) is 4.60. The summed E-state index contributed by atoms with van der Waals surface area (Å²) < 4.78 is 0. The van der Waals surface area contributed by atoms with Crippen molar-refractivity contribution in [3.05, 3.63) is 91.5 Å². The van der Waals surface area contributed by atoms with Crippen LogP contribution in [0.4, 0.5) is 10.8 Å². The molecule has 0 aliphatic carbocycles. The number of aromatic nitrogens is 1. The van der Waals surface area contributed by atoms with Gasteiger partial charge in [-0.2, -0.15) is 0 Å². The number of ketones is 1. The van der Waals surface area contributed by atoms with Crippen LogP contribution in [0.3, 0.4) is 0 Å². The fourth-order valence-corrected chi connectivity index (χ4v) is 4.49. The van der Waals surface area contributed by atoms with Crippen molar-refractivity contribution in [2.45, 2.75) is 26.8 Å². The van der Waals surface area contributed by atoms with Gasteiger partial charge in [-0.25, -0.2) is 4.98 Å². The molecule has 162 valence electrons. The molecule has 1 unspecified atom stereocenters. The molecule has 0 radical (unpaired) electrons. The number of thiazole rings is 1. The van der Waals surface area contributed by atoms with E-state index in [1.165, 1.54) is 40.5 Å². The first kappa shape index (κ1) is 21.4. The fraction of sp³-hybridized carbons (Fsp3) is 0.174. The standard InChI is InChI=1S/C23H19N3O5S/c1-12-4-6-16(7-5-12)20(27)18-19(15-8-10-17(11-9-15)26(30)31)25(22(29)21(18)28)23-24-13(2)14(3)32-23/h4-11,19,27H,1-3H3. The van der Waals surface area contributed by atoms with Gasteiger partial charge >= 0.3 is 5.91 Å². The summed E-state index contributed by atoms with van der Waals surface area (Å²) in [6.45, 7) is 5.56. The second-order valence-corrected chi connectivity index (χ2v) is 8.70. The molecule has 0 saturated carbocycles. The topological polar surface area (TPSA) is 114 Å². The summed E-state index contributed by atoms with van der Waals surface area (Å²) in [5.74, 6) is -1.95. The van der Waals surface area contributed by atoms with Gasteiger partial charge < -0.3 is 5.11 Å². The number of carbonyl (C=O) groups excluding carboxylic acids is 2. The molecule has 0 spiro atoms. The minimum Gasteiger partial charge on any atom is -0.507 e. The molecule has 1 aliphatic rings. The molecule has 9 heteroatoms. The van der Waals surface area contributed by atoms with Gasteiger partial charge in [-0.15, -0.1) is 11.3 Å². The number of nitro benzene ring substituents is 1. The van der Waals surface area contributed by atoms with Crippen LogP contribution in [-0.2, 0) is 9.59 Å². The van der Waals surface area contributed by atoms with Gasteiger partial charge in [0.15, 0.2) is 5.13 Å². The number of benzene rings is 2. The third-order valence-corrected chi connectivity index (χ3v) is 6.48. The van der Waals surface area contributed by atoms with E-state index in [4.69, 9.17) is 0 Å². The van der Waals surface area contributed by atoms with E-state index in [1.54, 1.807) is 31.2 Å². The molecule has 2 aromatic carbocycles. The lowest BCUT2D eigenvalue weighted by atomic mass is 9.95. The highest BCUT2D eigenvalue weighted by Crippen LogP contribution is 2.44. The van der Waals surface area contributed by atoms with Crippen molar-refractivity contribution in [3.63, 3.8) is 0 Å². The van der Waals surface area contributed by atoms with Crippen LogP contribution < -0.4 is 4.90 Å². The van der Waals surface area contributed by atoms with Crippen molar-refractivity contribution in [1.82, 2.24) is 4.98 Å². The van der Waals surface area contributed by atoms with Crippen LogP contribution in [0, 0.1) is 30.9 Å². The molecule has 32 heavy (non-hydrogen) atoms. The number of non-ortho nitro benzene ring substituents is 1. The Labute approximate surface area is 187 Å². The van der Waals surface area contributed by atoms with E-state index in [0.29, 0.717) is 16.3 Å². The van der Waals surface area contributed by atoms with Crippen LogP contribution >= 0.6 is 11.3 Å². The average molecular weight is 449 g/mol. The molecular weight excluding hydrogens is 430 g/mol. The summed E-state index contributed by atoms with van der Waals surface area (Å²) in [5, 5.41) is 22.5. The summed E-state index contributed by atoms with van der Waals surface area (Å²) in [7, 11) is 0. The maximum atomic E-state index is 13.1. The molecule has 1 amide bonds. The van der Waals surface area contributed by atoms with Crippen molar-refractivity contribution >= 4 is 39.6 Å². The number of nitro groups is 1. The van der Waals surface area contributed by atoms with Gasteiger partial charge in [0, 0.05) is 22.6 Å². The summed E-state index contributed by atoms with van der Waals surface area (Å²) in [4.78, 5) is 43.3. The number of aliphatic hydroxyl groups excluding tert-OH is 1. The molecule has 2 heterocycles. The van der Waals surface area contributed by atoms with Crippen molar-refractivity contribution in [1.29, 1.82) is 0 Å². The predicted molar refractivity (Wildman–Crippen MR) is 121 cm³/mol. The molecule has 1 saturated heterocycles. The second kappa shape index (κ2) is 8.01. The monoisotopic (exact) mass is 449 g/mol. The number of anilines is 1. The molecule has 1 atom stereocenters.